The highest BCUT2D eigenvalue weighted by Crippen LogP contribution is 2.13. The Morgan fingerprint density at radius 1 is 1.58 bits per heavy atom. The molecule has 1 atom stereocenters. The van der Waals surface area contributed by atoms with Crippen molar-refractivity contribution >= 4 is 33.7 Å². The third-order valence-corrected chi connectivity index (χ3v) is 2.06. The summed E-state index contributed by atoms with van der Waals surface area (Å²) in [5.74, 6) is -0.370. The van der Waals surface area contributed by atoms with E-state index in [-0.39, 0.29) is 5.82 Å². The van der Waals surface area contributed by atoms with Gasteiger partial charge < -0.3 is 4.34 Å². The van der Waals surface area contributed by atoms with Crippen LogP contribution >= 0.6 is 9.39 Å². The number of pyridine rings is 1. The van der Waals surface area contributed by atoms with Gasteiger partial charge in [-0.25, -0.2) is 9.37 Å². The van der Waals surface area contributed by atoms with Gasteiger partial charge in [-0.15, -0.1) is 0 Å². The van der Waals surface area contributed by atoms with Crippen molar-refractivity contribution in [2.75, 3.05) is 0 Å². The third-order valence-electron chi connectivity index (χ3n) is 1.67. The number of fused-ring (bicyclic) bond motifs is 1. The van der Waals surface area contributed by atoms with Gasteiger partial charge >= 0.3 is 0 Å². The number of halogens is 1. The molecular formula is C7H5BFN2P. The van der Waals surface area contributed by atoms with Crippen molar-refractivity contribution in [1.82, 2.24) is 9.32 Å². The van der Waals surface area contributed by atoms with E-state index in [2.05, 4.69) is 14.4 Å². The number of hydrogen-bond acceptors (Lipinski definition) is 1. The second kappa shape index (κ2) is 2.56. The molecular weight excluding hydrogens is 173 g/mol. The van der Waals surface area contributed by atoms with Gasteiger partial charge in [-0.2, -0.15) is 0 Å². The average molecular weight is 178 g/mol. The molecule has 0 aliphatic rings. The van der Waals surface area contributed by atoms with Crippen LogP contribution < -0.4 is 5.46 Å². The summed E-state index contributed by atoms with van der Waals surface area (Å²) >= 11 is 0. The fourth-order valence-corrected chi connectivity index (χ4v) is 1.50. The highest BCUT2D eigenvalue weighted by atomic mass is 31.0. The molecule has 0 aromatic carbocycles. The molecule has 1 unspecified atom stereocenters. The maximum Gasteiger partial charge on any atom is 0.142 e. The molecule has 0 bridgehead atoms. The van der Waals surface area contributed by atoms with Crippen LogP contribution in [-0.4, -0.2) is 17.2 Å². The standard InChI is InChI=1S/C7H5BFN2P/c8-6-3-11(12)7-5(6)1-4(9)2-10-7/h1-3H,12H2. The van der Waals surface area contributed by atoms with Crippen LogP contribution in [0.3, 0.4) is 0 Å². The monoisotopic (exact) mass is 178 g/mol. The SMILES string of the molecule is [B]c1cn(P)c2ncc(F)cc12. The van der Waals surface area contributed by atoms with E-state index in [4.69, 9.17) is 7.85 Å². The van der Waals surface area contributed by atoms with Crippen LogP contribution in [0.1, 0.15) is 0 Å². The van der Waals surface area contributed by atoms with E-state index >= 15 is 0 Å². The first kappa shape index (κ1) is 7.75. The molecule has 0 saturated heterocycles. The van der Waals surface area contributed by atoms with Crippen molar-refractivity contribution in [3.05, 3.63) is 24.3 Å². The summed E-state index contributed by atoms with van der Waals surface area (Å²) in [7, 11) is 8.04. The minimum Gasteiger partial charge on any atom is -0.318 e. The lowest BCUT2D eigenvalue weighted by atomic mass is 9.97. The van der Waals surface area contributed by atoms with Crippen LogP contribution in [0.25, 0.3) is 11.0 Å². The summed E-state index contributed by atoms with van der Waals surface area (Å²) in [6.45, 7) is 0. The van der Waals surface area contributed by atoms with Crippen molar-refractivity contribution in [1.29, 1.82) is 0 Å². The second-order valence-corrected chi connectivity index (χ2v) is 3.07. The molecule has 2 heterocycles. The van der Waals surface area contributed by atoms with E-state index in [9.17, 15) is 4.39 Å². The molecule has 58 valence electrons. The maximum absolute atomic E-state index is 12.7. The summed E-state index contributed by atoms with van der Waals surface area (Å²) in [5.41, 5.74) is 1.20. The fourth-order valence-electron chi connectivity index (χ4n) is 1.13. The third kappa shape index (κ3) is 1.03. The molecule has 0 saturated carbocycles. The van der Waals surface area contributed by atoms with Gasteiger partial charge in [0.25, 0.3) is 0 Å². The molecule has 2 radical (unpaired) electrons. The predicted octanol–water partition coefficient (Wildman–Crippen LogP) is 0.607. The number of aromatic nitrogens is 2. The largest absolute Gasteiger partial charge is 0.318 e. The predicted molar refractivity (Wildman–Crippen MR) is 50.2 cm³/mol. The second-order valence-electron chi connectivity index (χ2n) is 2.52. The Kier molecular flexibility index (Phi) is 1.65. The van der Waals surface area contributed by atoms with Crippen molar-refractivity contribution in [3.8, 4) is 0 Å². The van der Waals surface area contributed by atoms with Crippen molar-refractivity contribution < 1.29 is 4.39 Å². The Hall–Kier alpha value is -0.885. The number of rotatable bonds is 0. The highest BCUT2D eigenvalue weighted by Gasteiger charge is 2.03. The Morgan fingerprint density at radius 2 is 2.33 bits per heavy atom. The Bertz CT molecular complexity index is 440. The van der Waals surface area contributed by atoms with Gasteiger partial charge in [0.15, 0.2) is 0 Å². The van der Waals surface area contributed by atoms with Crippen LogP contribution in [0.2, 0.25) is 0 Å². The molecule has 0 aliphatic heterocycles. The van der Waals surface area contributed by atoms with Crippen LogP contribution in [0.4, 0.5) is 4.39 Å². The Balaban J connectivity index is 2.90. The lowest BCUT2D eigenvalue weighted by Gasteiger charge is -1.93. The summed E-state index contributed by atoms with van der Waals surface area (Å²) in [6.07, 6.45) is 2.85. The van der Waals surface area contributed by atoms with Crippen LogP contribution in [-0.2, 0) is 0 Å². The maximum atomic E-state index is 12.7. The van der Waals surface area contributed by atoms with Gasteiger partial charge in [-0.05, 0) is 15.5 Å². The molecule has 2 nitrogen and oxygen atoms in total. The molecule has 0 spiro atoms. The Labute approximate surface area is 72.5 Å². The Morgan fingerprint density at radius 3 is 3.08 bits per heavy atom. The van der Waals surface area contributed by atoms with Gasteiger partial charge in [-0.3, -0.25) is 0 Å². The topological polar surface area (TPSA) is 17.8 Å². The van der Waals surface area contributed by atoms with Gasteiger partial charge in [0.05, 0.1) is 6.20 Å². The van der Waals surface area contributed by atoms with Gasteiger partial charge in [0.1, 0.15) is 19.3 Å². The molecule has 2 rings (SSSR count). The fraction of sp³-hybridized carbons (Fsp3) is 0. The zero-order valence-electron chi connectivity index (χ0n) is 6.16. The summed E-state index contributed by atoms with van der Waals surface area (Å²) in [6, 6.07) is 1.37. The van der Waals surface area contributed by atoms with Crippen molar-refractivity contribution in [2.24, 2.45) is 0 Å². The van der Waals surface area contributed by atoms with E-state index in [1.54, 1.807) is 10.5 Å². The van der Waals surface area contributed by atoms with Crippen LogP contribution in [0.15, 0.2) is 18.5 Å². The van der Waals surface area contributed by atoms with Crippen LogP contribution in [0.5, 0.6) is 0 Å². The van der Waals surface area contributed by atoms with E-state index in [1.165, 1.54) is 12.3 Å². The van der Waals surface area contributed by atoms with Gasteiger partial charge in [-0.1, -0.05) is 5.46 Å². The quantitative estimate of drug-likeness (QED) is 0.426. The molecule has 5 heteroatoms. The molecule has 0 N–H and O–H groups in total. The summed E-state index contributed by atoms with van der Waals surface area (Å²) in [5, 5.41) is 0.644. The normalized spacial score (nSPS) is 10.8. The van der Waals surface area contributed by atoms with Gasteiger partial charge in [0, 0.05) is 11.6 Å². The summed E-state index contributed by atoms with van der Waals surface area (Å²) < 4.78 is 14.4. The zero-order chi connectivity index (χ0) is 8.72. The van der Waals surface area contributed by atoms with Gasteiger partial charge in [0.2, 0.25) is 0 Å². The van der Waals surface area contributed by atoms with Crippen molar-refractivity contribution in [3.63, 3.8) is 0 Å². The van der Waals surface area contributed by atoms with E-state index < -0.39 is 0 Å². The lowest BCUT2D eigenvalue weighted by Crippen LogP contribution is -1.97. The molecule has 2 aromatic rings. The molecule has 0 fully saturated rings. The molecule has 12 heavy (non-hydrogen) atoms. The van der Waals surface area contributed by atoms with E-state index in [0.717, 1.165) is 0 Å². The van der Waals surface area contributed by atoms with E-state index in [1.807, 2.05) is 0 Å². The number of nitrogens with zero attached hydrogens (tertiary/aromatic N) is 2. The highest BCUT2D eigenvalue weighted by molar-refractivity contribution is 7.15. The summed E-state index contributed by atoms with van der Waals surface area (Å²) in [4.78, 5) is 3.89. The molecule has 0 aliphatic carbocycles. The first-order valence-corrected chi connectivity index (χ1v) is 3.87. The zero-order valence-corrected chi connectivity index (χ0v) is 7.31. The minimum atomic E-state index is -0.370. The first-order chi connectivity index (χ1) is 5.68. The first-order valence-electron chi connectivity index (χ1n) is 3.35. The number of hydrogen-bond donors (Lipinski definition) is 0. The lowest BCUT2D eigenvalue weighted by molar-refractivity contribution is 0.624. The van der Waals surface area contributed by atoms with Crippen molar-refractivity contribution in [2.45, 2.75) is 0 Å². The van der Waals surface area contributed by atoms with Crippen LogP contribution in [0, 0.1) is 5.82 Å². The van der Waals surface area contributed by atoms with E-state index in [0.29, 0.717) is 16.5 Å². The average Bonchev–Trinajstić information content (AvgIpc) is 2.28. The smallest absolute Gasteiger partial charge is 0.142 e. The molecule has 2 aromatic heterocycles. The molecule has 0 amide bonds. The minimum absolute atomic E-state index is 0.370.